The number of nitrogens with one attached hydrogen (secondary N) is 3. The topological polar surface area (TPSA) is 102 Å². The third-order valence-electron chi connectivity index (χ3n) is 6.71. The Labute approximate surface area is 216 Å². The minimum atomic E-state index is -0.157. The van der Waals surface area contributed by atoms with Gasteiger partial charge >= 0.3 is 0 Å². The zero-order chi connectivity index (χ0) is 25.5. The molecular weight excluding hydrogens is 468 g/mol. The van der Waals surface area contributed by atoms with E-state index in [0.29, 0.717) is 44.0 Å². The van der Waals surface area contributed by atoms with E-state index in [0.717, 1.165) is 42.0 Å². The molecule has 1 atom stereocenters. The maximum Gasteiger partial charge on any atom is 0.251 e. The molecule has 5 rings (SSSR count). The normalized spacial score (nSPS) is 17.8. The Balaban J connectivity index is 1.38. The number of anilines is 3. The quantitative estimate of drug-likeness (QED) is 0.412. The third-order valence-corrected chi connectivity index (χ3v) is 6.71. The number of carbonyl (C=O) groups is 2. The smallest absolute Gasteiger partial charge is 0.251 e. The highest BCUT2D eigenvalue weighted by Crippen LogP contribution is 2.28. The number of ether oxygens (including phenoxy) is 2. The number of amides is 2. The molecule has 0 unspecified atom stereocenters. The SMILES string of the molecule is O=C(NC[C@@H]1CCCO1)c1cc(Nc2ccccc2)cc(-c2ccnc(NC(=O)C3CCOCC3)c2)c1. The second-order valence-electron chi connectivity index (χ2n) is 9.44. The Kier molecular flexibility index (Phi) is 8.08. The van der Waals surface area contributed by atoms with Crippen molar-refractivity contribution in [3.63, 3.8) is 0 Å². The average molecular weight is 501 g/mol. The summed E-state index contributed by atoms with van der Waals surface area (Å²) in [6.07, 6.45) is 5.14. The minimum absolute atomic E-state index is 0.0401. The first-order valence-electron chi connectivity index (χ1n) is 12.9. The molecule has 2 amide bonds. The standard InChI is InChI=1S/C29H32N4O4/c34-28(31-19-26-7-4-12-37-26)23-15-22(16-25(17-23)32-24-5-2-1-3-6-24)21-8-11-30-27(18-21)33-29(35)20-9-13-36-14-10-20/h1-3,5-6,8,11,15-18,20,26,32H,4,7,9-10,12-14,19H2,(H,31,34)(H,30,33,35)/t26-/m0/s1. The van der Waals surface area contributed by atoms with E-state index in [1.165, 1.54) is 0 Å². The maximum absolute atomic E-state index is 13.1. The summed E-state index contributed by atoms with van der Waals surface area (Å²) in [7, 11) is 0. The molecule has 2 fully saturated rings. The van der Waals surface area contributed by atoms with E-state index < -0.39 is 0 Å². The van der Waals surface area contributed by atoms with Gasteiger partial charge in [0, 0.05) is 55.4 Å². The van der Waals surface area contributed by atoms with Gasteiger partial charge in [-0.05, 0) is 79.3 Å². The molecule has 192 valence electrons. The lowest BCUT2D eigenvalue weighted by Crippen LogP contribution is -2.31. The van der Waals surface area contributed by atoms with Crippen LogP contribution < -0.4 is 16.0 Å². The summed E-state index contributed by atoms with van der Waals surface area (Å²) in [5.41, 5.74) is 3.94. The van der Waals surface area contributed by atoms with Crippen molar-refractivity contribution >= 4 is 29.0 Å². The van der Waals surface area contributed by atoms with Gasteiger partial charge in [0.2, 0.25) is 5.91 Å². The third kappa shape index (κ3) is 6.72. The largest absolute Gasteiger partial charge is 0.381 e. The van der Waals surface area contributed by atoms with Crippen LogP contribution >= 0.6 is 0 Å². The molecule has 0 saturated carbocycles. The van der Waals surface area contributed by atoms with E-state index in [1.807, 2.05) is 60.7 Å². The molecule has 0 spiro atoms. The molecule has 2 aliphatic heterocycles. The molecule has 1 aromatic heterocycles. The summed E-state index contributed by atoms with van der Waals surface area (Å²) >= 11 is 0. The van der Waals surface area contributed by atoms with E-state index in [9.17, 15) is 9.59 Å². The van der Waals surface area contributed by atoms with Crippen LogP contribution in [-0.4, -0.2) is 49.3 Å². The second kappa shape index (κ2) is 12.0. The number of pyridine rings is 1. The zero-order valence-electron chi connectivity index (χ0n) is 20.7. The van der Waals surface area contributed by atoms with E-state index in [-0.39, 0.29) is 23.8 Å². The van der Waals surface area contributed by atoms with E-state index in [4.69, 9.17) is 9.47 Å². The molecule has 8 heteroatoms. The number of carbonyl (C=O) groups excluding carboxylic acids is 2. The lowest BCUT2D eigenvalue weighted by Gasteiger charge is -2.21. The van der Waals surface area contributed by atoms with Gasteiger partial charge in [0.1, 0.15) is 5.82 Å². The molecule has 2 aromatic carbocycles. The van der Waals surface area contributed by atoms with E-state index in [2.05, 4.69) is 20.9 Å². The molecule has 2 saturated heterocycles. The second-order valence-corrected chi connectivity index (χ2v) is 9.44. The van der Waals surface area contributed by atoms with Crippen LogP contribution in [0, 0.1) is 5.92 Å². The van der Waals surface area contributed by atoms with E-state index in [1.54, 1.807) is 6.20 Å². The van der Waals surface area contributed by atoms with Gasteiger partial charge in [-0.1, -0.05) is 18.2 Å². The number of aromatic nitrogens is 1. The van der Waals surface area contributed by atoms with Gasteiger partial charge in [0.25, 0.3) is 5.91 Å². The van der Waals surface area contributed by atoms with Gasteiger partial charge in [-0.2, -0.15) is 0 Å². The van der Waals surface area contributed by atoms with Gasteiger partial charge in [0.05, 0.1) is 6.10 Å². The Hall–Kier alpha value is -3.75. The van der Waals surface area contributed by atoms with Gasteiger partial charge in [-0.15, -0.1) is 0 Å². The lowest BCUT2D eigenvalue weighted by molar-refractivity contribution is -0.122. The molecule has 37 heavy (non-hydrogen) atoms. The zero-order valence-corrected chi connectivity index (χ0v) is 20.7. The van der Waals surface area contributed by atoms with Crippen molar-refractivity contribution < 1.29 is 19.1 Å². The number of hydrogen-bond acceptors (Lipinski definition) is 6. The highest BCUT2D eigenvalue weighted by molar-refractivity contribution is 5.97. The highest BCUT2D eigenvalue weighted by atomic mass is 16.5. The van der Waals surface area contributed by atoms with Crippen LogP contribution in [-0.2, 0) is 14.3 Å². The predicted octanol–water partition coefficient (Wildman–Crippen LogP) is 4.77. The molecular formula is C29H32N4O4. The summed E-state index contributed by atoms with van der Waals surface area (Å²) in [6, 6.07) is 19.2. The molecule has 8 nitrogen and oxygen atoms in total. The first-order chi connectivity index (χ1) is 18.1. The summed E-state index contributed by atoms with van der Waals surface area (Å²) in [5, 5.41) is 9.36. The van der Waals surface area contributed by atoms with Crippen LogP contribution in [0.2, 0.25) is 0 Å². The van der Waals surface area contributed by atoms with Gasteiger partial charge in [-0.25, -0.2) is 4.98 Å². The van der Waals surface area contributed by atoms with Crippen molar-refractivity contribution in [1.29, 1.82) is 0 Å². The summed E-state index contributed by atoms with van der Waals surface area (Å²) in [4.78, 5) is 30.2. The number of nitrogens with zero attached hydrogens (tertiary/aromatic N) is 1. The molecule has 0 aliphatic carbocycles. The van der Waals surface area contributed by atoms with Crippen molar-refractivity contribution in [3.8, 4) is 11.1 Å². The van der Waals surface area contributed by atoms with Crippen LogP contribution in [0.5, 0.6) is 0 Å². The fourth-order valence-electron chi connectivity index (χ4n) is 4.67. The van der Waals surface area contributed by atoms with Crippen LogP contribution in [0.3, 0.4) is 0 Å². The lowest BCUT2D eigenvalue weighted by atomic mass is 9.99. The van der Waals surface area contributed by atoms with Gasteiger partial charge in [0.15, 0.2) is 0 Å². The van der Waals surface area contributed by atoms with Crippen molar-refractivity contribution in [2.75, 3.05) is 37.0 Å². The van der Waals surface area contributed by atoms with Crippen LogP contribution in [0.25, 0.3) is 11.1 Å². The fraction of sp³-hybridized carbons (Fsp3) is 0.345. The van der Waals surface area contributed by atoms with Crippen molar-refractivity contribution in [3.05, 3.63) is 72.4 Å². The Morgan fingerprint density at radius 2 is 1.73 bits per heavy atom. The molecule has 0 radical (unpaired) electrons. The molecule has 3 aromatic rings. The first kappa shape index (κ1) is 24.9. The predicted molar refractivity (Wildman–Crippen MR) is 143 cm³/mol. The summed E-state index contributed by atoms with van der Waals surface area (Å²) in [6.45, 7) is 2.44. The molecule has 3 N–H and O–H groups in total. The monoisotopic (exact) mass is 500 g/mol. The van der Waals surface area contributed by atoms with Crippen molar-refractivity contribution in [2.24, 2.45) is 5.92 Å². The van der Waals surface area contributed by atoms with Crippen molar-refractivity contribution in [1.82, 2.24) is 10.3 Å². The highest BCUT2D eigenvalue weighted by Gasteiger charge is 2.22. The number of hydrogen-bond donors (Lipinski definition) is 3. The molecule has 0 bridgehead atoms. The molecule has 3 heterocycles. The van der Waals surface area contributed by atoms with Gasteiger partial charge < -0.3 is 25.4 Å². The summed E-state index contributed by atoms with van der Waals surface area (Å²) in [5.74, 6) is 0.216. The van der Waals surface area contributed by atoms with Crippen molar-refractivity contribution in [2.45, 2.75) is 31.8 Å². The summed E-state index contributed by atoms with van der Waals surface area (Å²) < 4.78 is 11.0. The first-order valence-corrected chi connectivity index (χ1v) is 12.9. The number of rotatable bonds is 8. The average Bonchev–Trinajstić information content (AvgIpc) is 3.46. The fourth-order valence-corrected chi connectivity index (χ4v) is 4.67. The number of benzene rings is 2. The van der Waals surface area contributed by atoms with Crippen LogP contribution in [0.1, 0.15) is 36.0 Å². The Morgan fingerprint density at radius 3 is 2.51 bits per heavy atom. The maximum atomic E-state index is 13.1. The van der Waals surface area contributed by atoms with Crippen LogP contribution in [0.15, 0.2) is 66.9 Å². The molecule has 2 aliphatic rings. The van der Waals surface area contributed by atoms with Crippen LogP contribution in [0.4, 0.5) is 17.2 Å². The Morgan fingerprint density at radius 1 is 0.892 bits per heavy atom. The van der Waals surface area contributed by atoms with E-state index >= 15 is 0 Å². The Bertz CT molecular complexity index is 1220. The minimum Gasteiger partial charge on any atom is -0.381 e. The number of para-hydroxylation sites is 1. The van der Waals surface area contributed by atoms with Gasteiger partial charge in [-0.3, -0.25) is 9.59 Å².